The van der Waals surface area contributed by atoms with E-state index in [1.807, 2.05) is 0 Å². The summed E-state index contributed by atoms with van der Waals surface area (Å²) in [6.45, 7) is 1.66. The molecular formula is C13H17FN2O3S. The third-order valence-electron chi connectivity index (χ3n) is 3.28. The van der Waals surface area contributed by atoms with Crippen LogP contribution in [0.3, 0.4) is 0 Å². The Morgan fingerprint density at radius 3 is 2.85 bits per heavy atom. The molecule has 1 aromatic carbocycles. The minimum absolute atomic E-state index is 0.0169. The van der Waals surface area contributed by atoms with Crippen LogP contribution in [-0.4, -0.2) is 33.7 Å². The van der Waals surface area contributed by atoms with Crippen LogP contribution < -0.4 is 10.6 Å². The highest BCUT2D eigenvalue weighted by atomic mass is 32.2. The van der Waals surface area contributed by atoms with Crippen molar-refractivity contribution >= 4 is 21.4 Å². The van der Waals surface area contributed by atoms with Gasteiger partial charge in [-0.1, -0.05) is 0 Å². The van der Waals surface area contributed by atoms with E-state index in [9.17, 15) is 17.6 Å². The van der Waals surface area contributed by atoms with E-state index in [0.717, 1.165) is 37.9 Å². The van der Waals surface area contributed by atoms with Gasteiger partial charge >= 0.3 is 0 Å². The van der Waals surface area contributed by atoms with Crippen molar-refractivity contribution in [3.8, 4) is 0 Å². The van der Waals surface area contributed by atoms with E-state index in [2.05, 4.69) is 10.6 Å². The maximum absolute atomic E-state index is 13.6. The Balaban J connectivity index is 2.09. The van der Waals surface area contributed by atoms with Gasteiger partial charge in [-0.2, -0.15) is 0 Å². The Labute approximate surface area is 117 Å². The van der Waals surface area contributed by atoms with Crippen LogP contribution in [0, 0.1) is 11.7 Å². The van der Waals surface area contributed by atoms with Gasteiger partial charge in [0.2, 0.25) is 5.91 Å². The maximum atomic E-state index is 13.6. The second-order valence-electron chi connectivity index (χ2n) is 5.02. The van der Waals surface area contributed by atoms with E-state index < -0.39 is 15.7 Å². The molecule has 110 valence electrons. The number of carbonyl (C=O) groups excluding carboxylic acids is 1. The zero-order chi connectivity index (χ0) is 14.8. The summed E-state index contributed by atoms with van der Waals surface area (Å²) < 4.78 is 36.4. The van der Waals surface area contributed by atoms with Crippen molar-refractivity contribution in [1.29, 1.82) is 0 Å². The van der Waals surface area contributed by atoms with Gasteiger partial charge in [-0.25, -0.2) is 12.8 Å². The monoisotopic (exact) mass is 300 g/mol. The molecule has 1 saturated heterocycles. The lowest BCUT2D eigenvalue weighted by molar-refractivity contribution is -0.117. The normalized spacial score (nSPS) is 19.0. The number of amides is 1. The highest BCUT2D eigenvalue weighted by Gasteiger charge is 2.19. The molecule has 5 nitrogen and oxygen atoms in total. The fourth-order valence-corrected chi connectivity index (χ4v) is 2.83. The molecule has 1 amide bonds. The van der Waals surface area contributed by atoms with Crippen molar-refractivity contribution in [1.82, 2.24) is 5.32 Å². The lowest BCUT2D eigenvalue weighted by atomic mass is 10.0. The van der Waals surface area contributed by atoms with Crippen LogP contribution >= 0.6 is 0 Å². The molecule has 1 aliphatic rings. The molecule has 1 heterocycles. The Morgan fingerprint density at radius 1 is 1.50 bits per heavy atom. The van der Waals surface area contributed by atoms with Gasteiger partial charge in [0.25, 0.3) is 0 Å². The van der Waals surface area contributed by atoms with Crippen molar-refractivity contribution in [2.24, 2.45) is 5.92 Å². The minimum atomic E-state index is -3.43. The lowest BCUT2D eigenvalue weighted by Crippen LogP contribution is -2.19. The molecule has 0 aliphatic carbocycles. The van der Waals surface area contributed by atoms with Crippen LogP contribution in [0.4, 0.5) is 10.1 Å². The van der Waals surface area contributed by atoms with Gasteiger partial charge in [0, 0.05) is 12.7 Å². The standard InChI is InChI=1S/C13H17FN2O3S/c1-20(18,19)10-2-3-11(14)12(7-10)16-13(17)6-9-4-5-15-8-9/h2-3,7,9,15H,4-6,8H2,1H3,(H,16,17). The van der Waals surface area contributed by atoms with Crippen molar-refractivity contribution in [3.63, 3.8) is 0 Å². The third kappa shape index (κ3) is 3.77. The summed E-state index contributed by atoms with van der Waals surface area (Å²) in [4.78, 5) is 11.8. The second-order valence-corrected chi connectivity index (χ2v) is 7.04. The molecule has 20 heavy (non-hydrogen) atoms. The predicted octanol–water partition coefficient (Wildman–Crippen LogP) is 1.17. The second kappa shape index (κ2) is 5.88. The first-order valence-corrected chi connectivity index (χ1v) is 8.25. The molecule has 1 atom stereocenters. The lowest BCUT2D eigenvalue weighted by Gasteiger charge is -2.10. The van der Waals surface area contributed by atoms with Gasteiger partial charge < -0.3 is 10.6 Å². The van der Waals surface area contributed by atoms with Crippen LogP contribution in [0.5, 0.6) is 0 Å². The Kier molecular flexibility index (Phi) is 4.39. The van der Waals surface area contributed by atoms with Gasteiger partial charge in [-0.15, -0.1) is 0 Å². The molecule has 1 aliphatic heterocycles. The van der Waals surface area contributed by atoms with E-state index in [4.69, 9.17) is 0 Å². The van der Waals surface area contributed by atoms with Crippen molar-refractivity contribution in [3.05, 3.63) is 24.0 Å². The van der Waals surface area contributed by atoms with E-state index in [1.165, 1.54) is 6.07 Å². The fourth-order valence-electron chi connectivity index (χ4n) is 2.18. The average molecular weight is 300 g/mol. The van der Waals surface area contributed by atoms with E-state index in [0.29, 0.717) is 6.42 Å². The van der Waals surface area contributed by atoms with Gasteiger partial charge in [-0.3, -0.25) is 4.79 Å². The van der Waals surface area contributed by atoms with E-state index in [1.54, 1.807) is 0 Å². The van der Waals surface area contributed by atoms with E-state index in [-0.39, 0.29) is 22.4 Å². The van der Waals surface area contributed by atoms with Crippen LogP contribution in [0.25, 0.3) is 0 Å². The first kappa shape index (κ1) is 14.9. The first-order valence-electron chi connectivity index (χ1n) is 6.36. The number of nitrogens with one attached hydrogen (secondary N) is 2. The summed E-state index contributed by atoms with van der Waals surface area (Å²) in [6, 6.07) is 3.37. The molecule has 2 N–H and O–H groups in total. The molecule has 7 heteroatoms. The maximum Gasteiger partial charge on any atom is 0.224 e. The molecule has 0 aromatic heterocycles. The Hall–Kier alpha value is -1.47. The highest BCUT2D eigenvalue weighted by molar-refractivity contribution is 7.90. The van der Waals surface area contributed by atoms with Gasteiger partial charge in [0.1, 0.15) is 5.82 Å². The number of carbonyl (C=O) groups is 1. The molecule has 0 saturated carbocycles. The third-order valence-corrected chi connectivity index (χ3v) is 4.39. The zero-order valence-corrected chi connectivity index (χ0v) is 12.0. The van der Waals surface area contributed by atoms with Crippen molar-refractivity contribution < 1.29 is 17.6 Å². The largest absolute Gasteiger partial charge is 0.324 e. The van der Waals surface area contributed by atoms with Gasteiger partial charge in [-0.05, 0) is 43.6 Å². The molecule has 0 bridgehead atoms. The summed E-state index contributed by atoms with van der Waals surface area (Å²) in [5.74, 6) is -0.699. The van der Waals surface area contributed by atoms with Crippen LogP contribution in [0.15, 0.2) is 23.1 Å². The summed E-state index contributed by atoms with van der Waals surface area (Å²) in [7, 11) is -3.43. The average Bonchev–Trinajstić information content (AvgIpc) is 2.83. The number of anilines is 1. The quantitative estimate of drug-likeness (QED) is 0.819. The summed E-state index contributed by atoms with van der Waals surface area (Å²) in [5.41, 5.74) is -0.0936. The number of hydrogen-bond donors (Lipinski definition) is 2. The Bertz CT molecular complexity index is 610. The van der Waals surface area contributed by atoms with Crippen molar-refractivity contribution in [2.75, 3.05) is 24.7 Å². The first-order chi connectivity index (χ1) is 9.36. The van der Waals surface area contributed by atoms with Gasteiger partial charge in [0.05, 0.1) is 10.6 Å². The number of benzene rings is 1. The summed E-state index contributed by atoms with van der Waals surface area (Å²) >= 11 is 0. The predicted molar refractivity (Wildman–Crippen MR) is 73.7 cm³/mol. The van der Waals surface area contributed by atoms with E-state index >= 15 is 0 Å². The highest BCUT2D eigenvalue weighted by Crippen LogP contribution is 2.21. The van der Waals surface area contributed by atoms with Crippen LogP contribution in [0.2, 0.25) is 0 Å². The number of halogens is 1. The smallest absolute Gasteiger partial charge is 0.224 e. The molecular weight excluding hydrogens is 283 g/mol. The molecule has 1 aromatic rings. The fraction of sp³-hybridized carbons (Fsp3) is 0.462. The number of sulfone groups is 1. The number of hydrogen-bond acceptors (Lipinski definition) is 4. The molecule has 2 rings (SSSR count). The van der Waals surface area contributed by atoms with Crippen molar-refractivity contribution in [2.45, 2.75) is 17.7 Å². The SMILES string of the molecule is CS(=O)(=O)c1ccc(F)c(NC(=O)CC2CCNC2)c1. The summed E-state index contributed by atoms with van der Waals surface area (Å²) in [6.07, 6.45) is 2.25. The van der Waals surface area contributed by atoms with Gasteiger partial charge in [0.15, 0.2) is 9.84 Å². The zero-order valence-electron chi connectivity index (χ0n) is 11.1. The summed E-state index contributed by atoms with van der Waals surface area (Å²) in [5, 5.41) is 5.59. The molecule has 1 fully saturated rings. The number of rotatable bonds is 4. The minimum Gasteiger partial charge on any atom is -0.324 e. The topological polar surface area (TPSA) is 75.3 Å². The van der Waals surface area contributed by atoms with Crippen LogP contribution in [0.1, 0.15) is 12.8 Å². The molecule has 0 radical (unpaired) electrons. The van der Waals surface area contributed by atoms with Crippen LogP contribution in [-0.2, 0) is 14.6 Å². The molecule has 1 unspecified atom stereocenters. The molecule has 0 spiro atoms. The Morgan fingerprint density at radius 2 is 2.25 bits per heavy atom.